The van der Waals surface area contributed by atoms with E-state index in [9.17, 15) is 35.7 Å². The standard InChI is InChI=1S/C30H28O9/c1-38-27-8-16(3-5-25(27)35)7-24(18-9-20(31)14-21(32)10-18)29(19-11-22(33)15-23(34)12-19)30(37)17-4-6-26(36)28(13-17)39-2/h3-15,29-37H,1-2H3. The van der Waals surface area contributed by atoms with Crippen molar-refractivity contribution in [1.82, 2.24) is 0 Å². The average molecular weight is 533 g/mol. The Morgan fingerprint density at radius 2 is 1.13 bits per heavy atom. The largest absolute Gasteiger partial charge is 0.508 e. The van der Waals surface area contributed by atoms with Gasteiger partial charge >= 0.3 is 0 Å². The second-order valence-electron chi connectivity index (χ2n) is 8.91. The van der Waals surface area contributed by atoms with Crippen LogP contribution >= 0.6 is 0 Å². The molecule has 0 amide bonds. The normalized spacial score (nSPS) is 13.1. The molecule has 0 bridgehead atoms. The van der Waals surface area contributed by atoms with Crippen molar-refractivity contribution in [2.75, 3.05) is 14.2 Å². The summed E-state index contributed by atoms with van der Waals surface area (Å²) < 4.78 is 10.4. The lowest BCUT2D eigenvalue weighted by atomic mass is 9.79. The highest BCUT2D eigenvalue weighted by Gasteiger charge is 2.30. The first-order valence-electron chi connectivity index (χ1n) is 11.8. The maximum absolute atomic E-state index is 11.8. The van der Waals surface area contributed by atoms with Gasteiger partial charge in [-0.25, -0.2) is 0 Å². The molecule has 0 fully saturated rings. The molecule has 9 nitrogen and oxygen atoms in total. The van der Waals surface area contributed by atoms with Crippen LogP contribution in [-0.4, -0.2) is 50.0 Å². The van der Waals surface area contributed by atoms with Crippen molar-refractivity contribution in [3.8, 4) is 46.0 Å². The van der Waals surface area contributed by atoms with Crippen molar-refractivity contribution >= 4 is 11.6 Å². The number of benzene rings is 4. The zero-order valence-electron chi connectivity index (χ0n) is 21.1. The summed E-state index contributed by atoms with van der Waals surface area (Å²) in [4.78, 5) is 0. The van der Waals surface area contributed by atoms with Crippen LogP contribution in [-0.2, 0) is 0 Å². The Morgan fingerprint density at radius 1 is 0.615 bits per heavy atom. The SMILES string of the molecule is COc1cc(C=C(c2cc(O)cc(O)c2)C(c2cc(O)cc(O)c2)C(O)c2ccc(O)c(OC)c2)ccc1O. The zero-order chi connectivity index (χ0) is 28.3. The van der Waals surface area contributed by atoms with E-state index in [2.05, 4.69) is 0 Å². The van der Waals surface area contributed by atoms with E-state index in [1.165, 1.54) is 62.8 Å². The molecular weight excluding hydrogens is 504 g/mol. The molecule has 0 saturated heterocycles. The van der Waals surface area contributed by atoms with Crippen LogP contribution < -0.4 is 9.47 Å². The predicted octanol–water partition coefficient (Wildman–Crippen LogP) is 5.00. The van der Waals surface area contributed by atoms with Gasteiger partial charge in [0.1, 0.15) is 23.0 Å². The van der Waals surface area contributed by atoms with E-state index >= 15 is 0 Å². The number of hydrogen-bond acceptors (Lipinski definition) is 9. The van der Waals surface area contributed by atoms with Gasteiger partial charge in [0.15, 0.2) is 23.0 Å². The van der Waals surface area contributed by atoms with Gasteiger partial charge in [-0.1, -0.05) is 18.2 Å². The molecule has 0 aromatic heterocycles. The van der Waals surface area contributed by atoms with E-state index in [0.29, 0.717) is 27.8 Å². The highest BCUT2D eigenvalue weighted by atomic mass is 16.5. The fraction of sp³-hybridized carbons (Fsp3) is 0.133. The summed E-state index contributed by atoms with van der Waals surface area (Å²) in [6, 6.07) is 16.7. The minimum Gasteiger partial charge on any atom is -0.508 e. The summed E-state index contributed by atoms with van der Waals surface area (Å²) in [6.45, 7) is 0. The Hall–Kier alpha value is -5.02. The molecule has 4 aromatic carbocycles. The first-order valence-corrected chi connectivity index (χ1v) is 11.8. The van der Waals surface area contributed by atoms with E-state index in [0.717, 1.165) is 12.1 Å². The van der Waals surface area contributed by atoms with Gasteiger partial charge in [0.2, 0.25) is 0 Å². The lowest BCUT2D eigenvalue weighted by Gasteiger charge is -2.28. The molecule has 0 aliphatic carbocycles. The Labute approximate surface area is 224 Å². The number of aliphatic hydroxyl groups is 1. The molecule has 0 saturated carbocycles. The Morgan fingerprint density at radius 3 is 1.69 bits per heavy atom. The maximum Gasteiger partial charge on any atom is 0.161 e. The highest BCUT2D eigenvalue weighted by molar-refractivity contribution is 5.87. The van der Waals surface area contributed by atoms with Crippen molar-refractivity contribution < 1.29 is 45.2 Å². The summed E-state index contributed by atoms with van der Waals surface area (Å²) >= 11 is 0. The Kier molecular flexibility index (Phi) is 7.73. The van der Waals surface area contributed by atoms with Crippen molar-refractivity contribution in [2.45, 2.75) is 12.0 Å². The minimum atomic E-state index is -1.35. The van der Waals surface area contributed by atoms with Crippen LogP contribution in [0.15, 0.2) is 72.8 Å². The van der Waals surface area contributed by atoms with Gasteiger partial charge in [0.05, 0.1) is 20.3 Å². The average Bonchev–Trinajstić information content (AvgIpc) is 2.88. The lowest BCUT2D eigenvalue weighted by molar-refractivity contribution is 0.164. The zero-order valence-corrected chi connectivity index (χ0v) is 21.1. The van der Waals surface area contributed by atoms with Crippen LogP contribution in [0.5, 0.6) is 46.0 Å². The van der Waals surface area contributed by atoms with Crippen molar-refractivity contribution in [3.05, 3.63) is 95.1 Å². The van der Waals surface area contributed by atoms with E-state index < -0.39 is 12.0 Å². The van der Waals surface area contributed by atoms with Crippen molar-refractivity contribution in [2.24, 2.45) is 0 Å². The molecule has 7 N–H and O–H groups in total. The van der Waals surface area contributed by atoms with Crippen LogP contribution in [0.3, 0.4) is 0 Å². The molecule has 0 aliphatic heterocycles. The van der Waals surface area contributed by atoms with Gasteiger partial charge in [0, 0.05) is 18.1 Å². The smallest absolute Gasteiger partial charge is 0.161 e. The molecular formula is C30H28O9. The summed E-state index contributed by atoms with van der Waals surface area (Å²) in [5.74, 6) is -1.91. The number of phenols is 6. The molecule has 2 unspecified atom stereocenters. The van der Waals surface area contributed by atoms with E-state index in [1.54, 1.807) is 18.2 Å². The first kappa shape index (κ1) is 27.0. The van der Waals surface area contributed by atoms with Crippen molar-refractivity contribution in [3.63, 3.8) is 0 Å². The summed E-state index contributed by atoms with van der Waals surface area (Å²) in [6.07, 6.45) is 0.304. The number of aliphatic hydroxyl groups excluding tert-OH is 1. The second-order valence-corrected chi connectivity index (χ2v) is 8.91. The van der Waals surface area contributed by atoms with Gasteiger partial charge in [-0.2, -0.15) is 0 Å². The van der Waals surface area contributed by atoms with Crippen LogP contribution in [0.1, 0.15) is 34.3 Å². The van der Waals surface area contributed by atoms with E-state index in [-0.39, 0.29) is 46.0 Å². The molecule has 4 rings (SSSR count). The lowest BCUT2D eigenvalue weighted by Crippen LogP contribution is -2.14. The molecule has 0 radical (unpaired) electrons. The van der Waals surface area contributed by atoms with Crippen LogP contribution in [0.4, 0.5) is 0 Å². The number of hydrogen-bond donors (Lipinski definition) is 7. The number of phenolic OH excluding ortho intramolecular Hbond substituents is 6. The highest BCUT2D eigenvalue weighted by Crippen LogP contribution is 2.47. The number of methoxy groups -OCH3 is 2. The molecule has 0 spiro atoms. The summed E-state index contributed by atoms with van der Waals surface area (Å²) in [5.41, 5.74) is 1.84. The Bertz CT molecular complexity index is 1490. The second kappa shape index (κ2) is 11.2. The van der Waals surface area contributed by atoms with Crippen LogP contribution in [0.2, 0.25) is 0 Å². The monoisotopic (exact) mass is 532 g/mol. The molecule has 202 valence electrons. The summed E-state index contributed by atoms with van der Waals surface area (Å²) in [5, 5.41) is 73.2. The molecule has 4 aromatic rings. The molecule has 39 heavy (non-hydrogen) atoms. The minimum absolute atomic E-state index is 0.0862. The third-order valence-corrected chi connectivity index (χ3v) is 6.24. The number of ether oxygens (including phenoxy) is 2. The fourth-order valence-corrected chi connectivity index (χ4v) is 4.48. The van der Waals surface area contributed by atoms with E-state index in [1.807, 2.05) is 0 Å². The van der Waals surface area contributed by atoms with Crippen LogP contribution in [0.25, 0.3) is 11.6 Å². The van der Waals surface area contributed by atoms with Gasteiger partial charge < -0.3 is 45.2 Å². The van der Waals surface area contributed by atoms with Gasteiger partial charge in [-0.05, 0) is 76.4 Å². The quantitative estimate of drug-likeness (QED) is 0.155. The third kappa shape index (κ3) is 5.94. The molecule has 0 aliphatic rings. The summed E-state index contributed by atoms with van der Waals surface area (Å²) in [7, 11) is 2.77. The van der Waals surface area contributed by atoms with Gasteiger partial charge in [-0.3, -0.25) is 0 Å². The maximum atomic E-state index is 11.8. The van der Waals surface area contributed by atoms with E-state index in [4.69, 9.17) is 9.47 Å². The van der Waals surface area contributed by atoms with Crippen molar-refractivity contribution in [1.29, 1.82) is 0 Å². The predicted molar refractivity (Wildman–Crippen MR) is 144 cm³/mol. The fourth-order valence-electron chi connectivity index (χ4n) is 4.48. The molecule has 0 heterocycles. The third-order valence-electron chi connectivity index (χ3n) is 6.24. The van der Waals surface area contributed by atoms with Gasteiger partial charge in [0.25, 0.3) is 0 Å². The van der Waals surface area contributed by atoms with Crippen LogP contribution in [0, 0.1) is 0 Å². The molecule has 2 atom stereocenters. The number of aromatic hydroxyl groups is 6. The number of rotatable bonds is 8. The molecule has 9 heteroatoms. The Balaban J connectivity index is 2.02. The topological polar surface area (TPSA) is 160 Å². The van der Waals surface area contributed by atoms with Gasteiger partial charge in [-0.15, -0.1) is 0 Å². The first-order chi connectivity index (χ1) is 18.6.